The minimum Gasteiger partial charge on any atom is -0.495 e. The molecule has 0 saturated carbocycles. The Morgan fingerprint density at radius 3 is 2.70 bits per heavy atom. The topological polar surface area (TPSA) is 74.3 Å². The predicted octanol–water partition coefficient (Wildman–Crippen LogP) is 3.15. The molecule has 0 radical (unpaired) electrons. The quantitative estimate of drug-likeness (QED) is 0.620. The van der Waals surface area contributed by atoms with Crippen molar-refractivity contribution >= 4 is 34.4 Å². The van der Waals surface area contributed by atoms with Crippen molar-refractivity contribution in [3.05, 3.63) is 44.1 Å². The first-order chi connectivity index (χ1) is 14.4. The number of methoxy groups -OCH3 is 1. The van der Waals surface area contributed by atoms with Crippen molar-refractivity contribution in [1.82, 2.24) is 18.7 Å². The van der Waals surface area contributed by atoms with Gasteiger partial charge in [-0.15, -0.1) is 0 Å². The van der Waals surface area contributed by atoms with Crippen LogP contribution in [0.5, 0.6) is 5.75 Å². The zero-order valence-corrected chi connectivity index (χ0v) is 18.4. The first-order valence-corrected chi connectivity index (χ1v) is 10.6. The highest BCUT2D eigenvalue weighted by Gasteiger charge is 2.30. The van der Waals surface area contributed by atoms with Crippen LogP contribution in [0.25, 0.3) is 11.2 Å². The molecule has 0 fully saturated rings. The smallest absolute Gasteiger partial charge is 0.332 e. The van der Waals surface area contributed by atoms with E-state index in [1.54, 1.807) is 14.2 Å². The lowest BCUT2D eigenvalue weighted by atomic mass is 10.1. The summed E-state index contributed by atoms with van der Waals surface area (Å²) in [6.07, 6.45) is 1.68. The fraction of sp³-hybridized carbons (Fsp3) is 0.476. The Bertz CT molecular complexity index is 1230. The summed E-state index contributed by atoms with van der Waals surface area (Å²) in [4.78, 5) is 32.8. The highest BCUT2D eigenvalue weighted by atomic mass is 35.5. The standard InChI is InChI=1S/C21H26ClN5O3/c1-5-6-9-25-19(28)17-18(24(3)21(25)29)23-20-26(11-13(2)12-27(17)20)14-7-8-16(30-4)15(22)10-14/h7-8,10,13H,5-6,9,11-12H2,1-4H3/t13-/m1/s1. The number of fused-ring (bicyclic) bond motifs is 3. The van der Waals surface area contributed by atoms with Gasteiger partial charge in [0.05, 0.1) is 12.1 Å². The number of rotatable bonds is 5. The van der Waals surface area contributed by atoms with Gasteiger partial charge in [-0.2, -0.15) is 4.98 Å². The summed E-state index contributed by atoms with van der Waals surface area (Å²) < 4.78 is 10.0. The summed E-state index contributed by atoms with van der Waals surface area (Å²) in [5.41, 5.74) is 1.14. The van der Waals surface area contributed by atoms with E-state index in [0.29, 0.717) is 41.0 Å². The summed E-state index contributed by atoms with van der Waals surface area (Å²) in [6, 6.07) is 5.57. The Kier molecular flexibility index (Phi) is 5.36. The van der Waals surface area contributed by atoms with Crippen LogP contribution in [0.1, 0.15) is 26.7 Å². The molecule has 0 N–H and O–H groups in total. The predicted molar refractivity (Wildman–Crippen MR) is 118 cm³/mol. The molecule has 0 spiro atoms. The molecule has 0 bridgehead atoms. The maximum Gasteiger partial charge on any atom is 0.332 e. The SMILES string of the molecule is CCCCn1c(=O)c2c(nc3n2C[C@H](C)CN3c2ccc(OC)c(Cl)c2)n(C)c1=O. The van der Waals surface area contributed by atoms with Gasteiger partial charge in [-0.1, -0.05) is 31.9 Å². The molecule has 1 aromatic carbocycles. The Morgan fingerprint density at radius 2 is 2.03 bits per heavy atom. The monoisotopic (exact) mass is 431 g/mol. The number of hydrogen-bond donors (Lipinski definition) is 0. The fourth-order valence-electron chi connectivity index (χ4n) is 4.06. The zero-order chi connectivity index (χ0) is 21.6. The molecule has 3 heterocycles. The molecule has 1 aliphatic heterocycles. The summed E-state index contributed by atoms with van der Waals surface area (Å²) in [7, 11) is 3.25. The lowest BCUT2D eigenvalue weighted by Gasteiger charge is -2.33. The van der Waals surface area contributed by atoms with E-state index < -0.39 is 0 Å². The van der Waals surface area contributed by atoms with Gasteiger partial charge in [-0.3, -0.25) is 13.9 Å². The van der Waals surface area contributed by atoms with E-state index in [2.05, 4.69) is 6.92 Å². The second-order valence-corrected chi connectivity index (χ2v) is 8.29. The van der Waals surface area contributed by atoms with Crippen molar-refractivity contribution in [1.29, 1.82) is 0 Å². The number of benzene rings is 1. The Balaban J connectivity index is 1.94. The van der Waals surface area contributed by atoms with Crippen molar-refractivity contribution < 1.29 is 4.74 Å². The average Bonchev–Trinajstić information content (AvgIpc) is 3.11. The molecule has 0 amide bonds. The van der Waals surface area contributed by atoms with E-state index in [0.717, 1.165) is 25.1 Å². The third-order valence-electron chi connectivity index (χ3n) is 5.62. The molecule has 0 saturated heterocycles. The number of ether oxygens (including phenoxy) is 1. The minimum atomic E-state index is -0.330. The average molecular weight is 432 g/mol. The number of unbranched alkanes of at least 4 members (excludes halogenated alkanes) is 1. The fourth-order valence-corrected chi connectivity index (χ4v) is 4.31. The first kappa shape index (κ1) is 20.5. The lowest BCUT2D eigenvalue weighted by Crippen LogP contribution is -2.40. The molecule has 160 valence electrons. The Morgan fingerprint density at radius 1 is 1.27 bits per heavy atom. The summed E-state index contributed by atoms with van der Waals surface area (Å²) in [5.74, 6) is 1.52. The van der Waals surface area contributed by atoms with Crippen LogP contribution in [0.3, 0.4) is 0 Å². The van der Waals surface area contributed by atoms with E-state index in [1.165, 1.54) is 9.13 Å². The van der Waals surface area contributed by atoms with Crippen LogP contribution in [-0.4, -0.2) is 32.3 Å². The van der Waals surface area contributed by atoms with E-state index in [-0.39, 0.29) is 17.2 Å². The number of imidazole rings is 1. The second-order valence-electron chi connectivity index (χ2n) is 7.88. The summed E-state index contributed by atoms with van der Waals surface area (Å²) in [6.45, 7) is 5.96. The van der Waals surface area contributed by atoms with Crippen LogP contribution in [0.4, 0.5) is 11.6 Å². The van der Waals surface area contributed by atoms with E-state index >= 15 is 0 Å². The highest BCUT2D eigenvalue weighted by molar-refractivity contribution is 6.32. The van der Waals surface area contributed by atoms with Crippen molar-refractivity contribution in [2.45, 2.75) is 39.8 Å². The molecule has 4 rings (SSSR count). The van der Waals surface area contributed by atoms with Crippen LogP contribution in [0.2, 0.25) is 5.02 Å². The van der Waals surface area contributed by atoms with E-state index in [9.17, 15) is 9.59 Å². The molecule has 0 unspecified atom stereocenters. The van der Waals surface area contributed by atoms with Gasteiger partial charge in [0, 0.05) is 32.4 Å². The maximum atomic E-state index is 13.3. The number of anilines is 2. The molecule has 1 aliphatic rings. The Labute approximate surface area is 179 Å². The van der Waals surface area contributed by atoms with Gasteiger partial charge >= 0.3 is 5.69 Å². The van der Waals surface area contributed by atoms with Gasteiger partial charge in [0.2, 0.25) is 5.95 Å². The third-order valence-corrected chi connectivity index (χ3v) is 5.92. The zero-order valence-electron chi connectivity index (χ0n) is 17.7. The highest BCUT2D eigenvalue weighted by Crippen LogP contribution is 2.36. The van der Waals surface area contributed by atoms with Crippen LogP contribution in [0.15, 0.2) is 27.8 Å². The summed E-state index contributed by atoms with van der Waals surface area (Å²) >= 11 is 6.35. The van der Waals surface area contributed by atoms with E-state index in [4.69, 9.17) is 21.3 Å². The van der Waals surface area contributed by atoms with Gasteiger partial charge in [0.1, 0.15) is 5.75 Å². The molecular formula is C21H26ClN5O3. The van der Waals surface area contributed by atoms with Crippen molar-refractivity contribution in [2.24, 2.45) is 13.0 Å². The third kappa shape index (κ3) is 3.19. The van der Waals surface area contributed by atoms with Gasteiger partial charge in [0.15, 0.2) is 11.2 Å². The van der Waals surface area contributed by atoms with Crippen LogP contribution < -0.4 is 20.9 Å². The van der Waals surface area contributed by atoms with E-state index in [1.807, 2.05) is 34.6 Å². The number of aryl methyl sites for hydroxylation is 1. The Hall–Kier alpha value is -2.74. The molecule has 1 atom stereocenters. The number of aromatic nitrogens is 4. The van der Waals surface area contributed by atoms with Crippen molar-refractivity contribution in [2.75, 3.05) is 18.6 Å². The normalized spacial score (nSPS) is 16.2. The van der Waals surface area contributed by atoms with Gasteiger partial charge in [-0.05, 0) is 30.5 Å². The van der Waals surface area contributed by atoms with Crippen molar-refractivity contribution in [3.8, 4) is 5.75 Å². The first-order valence-electron chi connectivity index (χ1n) is 10.2. The molecular weight excluding hydrogens is 406 g/mol. The second kappa shape index (κ2) is 7.83. The van der Waals surface area contributed by atoms with Crippen molar-refractivity contribution in [3.63, 3.8) is 0 Å². The minimum absolute atomic E-state index is 0.275. The number of hydrogen-bond acceptors (Lipinski definition) is 5. The van der Waals surface area contributed by atoms with Gasteiger partial charge < -0.3 is 14.2 Å². The molecule has 2 aromatic heterocycles. The van der Waals surface area contributed by atoms with Gasteiger partial charge in [-0.25, -0.2) is 4.79 Å². The largest absolute Gasteiger partial charge is 0.495 e. The van der Waals surface area contributed by atoms with Gasteiger partial charge in [0.25, 0.3) is 5.56 Å². The summed E-state index contributed by atoms with van der Waals surface area (Å²) in [5, 5.41) is 0.505. The molecule has 3 aromatic rings. The van der Waals surface area contributed by atoms with Crippen LogP contribution in [0, 0.1) is 5.92 Å². The molecule has 9 heteroatoms. The maximum absolute atomic E-state index is 13.3. The van der Waals surface area contributed by atoms with Crippen LogP contribution >= 0.6 is 11.6 Å². The number of halogens is 1. The molecule has 30 heavy (non-hydrogen) atoms. The number of nitrogens with zero attached hydrogens (tertiary/aromatic N) is 5. The lowest BCUT2D eigenvalue weighted by molar-refractivity contribution is 0.415. The van der Waals surface area contributed by atoms with Crippen LogP contribution in [-0.2, 0) is 20.1 Å². The molecule has 8 nitrogen and oxygen atoms in total. The molecule has 0 aliphatic carbocycles.